The van der Waals surface area contributed by atoms with Crippen LogP contribution in [0.5, 0.6) is 0 Å². The first kappa shape index (κ1) is 16.0. The quantitative estimate of drug-likeness (QED) is 0.797. The zero-order valence-corrected chi connectivity index (χ0v) is 14.9. The summed E-state index contributed by atoms with van der Waals surface area (Å²) in [4.78, 5) is 23.4. The minimum absolute atomic E-state index is 0.112. The van der Waals surface area contributed by atoms with Crippen LogP contribution in [0, 0.1) is 12.3 Å². The SMILES string of the molecule is Cc1nc2nc(CN3C[C@H](c4ccccc4)C(C)(C)C3)cc(=O)n2[nH]1. The second-order valence-electron chi connectivity index (χ2n) is 7.65. The van der Waals surface area contributed by atoms with Gasteiger partial charge in [0.05, 0.1) is 5.69 Å². The molecule has 4 rings (SSSR count). The lowest BCUT2D eigenvalue weighted by Gasteiger charge is -2.26. The Morgan fingerprint density at radius 3 is 2.76 bits per heavy atom. The van der Waals surface area contributed by atoms with E-state index < -0.39 is 0 Å². The van der Waals surface area contributed by atoms with Gasteiger partial charge in [0.25, 0.3) is 11.3 Å². The Bertz CT molecular complexity index is 957. The van der Waals surface area contributed by atoms with Crippen LogP contribution >= 0.6 is 0 Å². The monoisotopic (exact) mass is 337 g/mol. The van der Waals surface area contributed by atoms with Crippen LogP contribution in [0.4, 0.5) is 0 Å². The summed E-state index contributed by atoms with van der Waals surface area (Å²) in [6, 6.07) is 12.3. The predicted molar refractivity (Wildman–Crippen MR) is 96.6 cm³/mol. The maximum Gasteiger partial charge on any atom is 0.274 e. The van der Waals surface area contributed by atoms with E-state index in [1.54, 1.807) is 6.07 Å². The molecular formula is C19H23N5O. The van der Waals surface area contributed by atoms with Crippen LogP contribution in [0.25, 0.3) is 5.78 Å². The fraction of sp³-hybridized carbons (Fsp3) is 0.421. The number of aromatic amines is 1. The van der Waals surface area contributed by atoms with Crippen molar-refractivity contribution in [2.24, 2.45) is 5.41 Å². The number of fused-ring (bicyclic) bond motifs is 1. The summed E-state index contributed by atoms with van der Waals surface area (Å²) in [6.45, 7) is 9.07. The number of nitrogens with one attached hydrogen (secondary N) is 1. The first-order chi connectivity index (χ1) is 11.9. The summed E-state index contributed by atoms with van der Waals surface area (Å²) >= 11 is 0. The number of H-pyrrole nitrogens is 1. The molecule has 1 N–H and O–H groups in total. The van der Waals surface area contributed by atoms with E-state index in [9.17, 15) is 4.79 Å². The zero-order chi connectivity index (χ0) is 17.6. The highest BCUT2D eigenvalue weighted by Gasteiger charge is 2.40. The number of likely N-dealkylation sites (tertiary alicyclic amines) is 1. The largest absolute Gasteiger partial charge is 0.296 e. The Kier molecular flexibility index (Phi) is 3.72. The van der Waals surface area contributed by atoms with Crippen LogP contribution in [-0.4, -0.2) is 37.6 Å². The first-order valence-corrected chi connectivity index (χ1v) is 8.65. The number of nitrogens with zero attached hydrogens (tertiary/aromatic N) is 4. The minimum atomic E-state index is -0.112. The van der Waals surface area contributed by atoms with Gasteiger partial charge in [-0.25, -0.2) is 4.98 Å². The molecule has 1 aliphatic rings. The fourth-order valence-electron chi connectivity index (χ4n) is 3.96. The highest BCUT2D eigenvalue weighted by Crippen LogP contribution is 2.42. The third-order valence-electron chi connectivity index (χ3n) is 5.10. The third kappa shape index (κ3) is 2.98. The number of aryl methyl sites for hydroxylation is 1. The average molecular weight is 337 g/mol. The van der Waals surface area contributed by atoms with Crippen molar-refractivity contribution in [2.45, 2.75) is 33.2 Å². The van der Waals surface area contributed by atoms with Crippen molar-refractivity contribution in [3.8, 4) is 0 Å². The Morgan fingerprint density at radius 1 is 1.24 bits per heavy atom. The Morgan fingerprint density at radius 2 is 2.00 bits per heavy atom. The maximum atomic E-state index is 12.2. The van der Waals surface area contributed by atoms with E-state index in [1.807, 2.05) is 6.92 Å². The Hall–Kier alpha value is -2.47. The Labute approximate surface area is 146 Å². The molecule has 1 fully saturated rings. The van der Waals surface area contributed by atoms with Crippen molar-refractivity contribution in [2.75, 3.05) is 13.1 Å². The van der Waals surface area contributed by atoms with Gasteiger partial charge in [0.2, 0.25) is 0 Å². The van der Waals surface area contributed by atoms with E-state index in [0.717, 1.165) is 18.8 Å². The fourth-order valence-corrected chi connectivity index (χ4v) is 3.96. The molecule has 0 bridgehead atoms. The number of aromatic nitrogens is 4. The molecule has 0 saturated carbocycles. The smallest absolute Gasteiger partial charge is 0.274 e. The molecule has 2 aromatic heterocycles. The van der Waals surface area contributed by atoms with E-state index in [1.165, 1.54) is 10.1 Å². The normalized spacial score (nSPS) is 20.4. The molecule has 1 aliphatic heterocycles. The van der Waals surface area contributed by atoms with Crippen LogP contribution in [0.3, 0.4) is 0 Å². The van der Waals surface area contributed by atoms with Crippen LogP contribution < -0.4 is 5.56 Å². The van der Waals surface area contributed by atoms with Crippen molar-refractivity contribution < 1.29 is 0 Å². The standard InChI is InChI=1S/C19H23N5O/c1-13-20-18-21-15(9-17(25)24(18)22-13)10-23-11-16(19(2,3)12-23)14-7-5-4-6-8-14/h4-9,16H,10-12H2,1-3H3,(H,20,21,22)/t16-/m1/s1. The van der Waals surface area contributed by atoms with Gasteiger partial charge < -0.3 is 0 Å². The van der Waals surface area contributed by atoms with E-state index in [2.05, 4.69) is 64.1 Å². The van der Waals surface area contributed by atoms with Gasteiger partial charge in [0.15, 0.2) is 0 Å². The predicted octanol–water partition coefficient (Wildman–Crippen LogP) is 2.35. The lowest BCUT2D eigenvalue weighted by Crippen LogP contribution is -2.25. The summed E-state index contributed by atoms with van der Waals surface area (Å²) < 4.78 is 1.39. The van der Waals surface area contributed by atoms with E-state index >= 15 is 0 Å². The molecule has 0 amide bonds. The van der Waals surface area contributed by atoms with Gasteiger partial charge in [-0.3, -0.25) is 14.8 Å². The molecule has 3 heterocycles. The molecule has 0 aliphatic carbocycles. The molecule has 6 heteroatoms. The molecule has 0 radical (unpaired) electrons. The first-order valence-electron chi connectivity index (χ1n) is 8.65. The van der Waals surface area contributed by atoms with E-state index in [-0.39, 0.29) is 11.0 Å². The minimum Gasteiger partial charge on any atom is -0.296 e. The molecule has 130 valence electrons. The second-order valence-corrected chi connectivity index (χ2v) is 7.65. The van der Waals surface area contributed by atoms with Crippen LogP contribution in [-0.2, 0) is 6.54 Å². The molecule has 1 atom stereocenters. The lowest BCUT2D eigenvalue weighted by molar-refractivity contribution is 0.279. The average Bonchev–Trinajstić information content (AvgIpc) is 3.07. The third-order valence-corrected chi connectivity index (χ3v) is 5.10. The number of hydrogen-bond acceptors (Lipinski definition) is 4. The summed E-state index contributed by atoms with van der Waals surface area (Å²) in [7, 11) is 0. The van der Waals surface area contributed by atoms with E-state index in [0.29, 0.717) is 24.1 Å². The molecule has 1 aromatic carbocycles. The summed E-state index contributed by atoms with van der Waals surface area (Å²) in [5.41, 5.74) is 2.23. The maximum absolute atomic E-state index is 12.2. The Balaban J connectivity index is 1.59. The van der Waals surface area contributed by atoms with Crippen molar-refractivity contribution in [1.29, 1.82) is 0 Å². The van der Waals surface area contributed by atoms with Crippen LogP contribution in [0.2, 0.25) is 0 Å². The van der Waals surface area contributed by atoms with Crippen LogP contribution in [0.1, 0.15) is 36.8 Å². The van der Waals surface area contributed by atoms with Crippen molar-refractivity contribution >= 4 is 5.78 Å². The second kappa shape index (κ2) is 5.81. The summed E-state index contributed by atoms with van der Waals surface area (Å²) in [6.07, 6.45) is 0. The van der Waals surface area contributed by atoms with Crippen molar-refractivity contribution in [3.63, 3.8) is 0 Å². The highest BCUT2D eigenvalue weighted by molar-refractivity contribution is 5.28. The highest BCUT2D eigenvalue weighted by atomic mass is 16.1. The molecule has 6 nitrogen and oxygen atoms in total. The van der Waals surface area contributed by atoms with Gasteiger partial charge in [0.1, 0.15) is 5.82 Å². The van der Waals surface area contributed by atoms with Gasteiger partial charge >= 0.3 is 0 Å². The topological polar surface area (TPSA) is 66.3 Å². The van der Waals surface area contributed by atoms with Crippen molar-refractivity contribution in [3.05, 3.63) is 63.8 Å². The van der Waals surface area contributed by atoms with Crippen LogP contribution in [0.15, 0.2) is 41.2 Å². The lowest BCUT2D eigenvalue weighted by atomic mass is 9.78. The van der Waals surface area contributed by atoms with Gasteiger partial charge in [-0.15, -0.1) is 0 Å². The van der Waals surface area contributed by atoms with Gasteiger partial charge in [-0.2, -0.15) is 9.50 Å². The number of benzene rings is 1. The molecule has 0 unspecified atom stereocenters. The number of hydrogen-bond donors (Lipinski definition) is 1. The van der Waals surface area contributed by atoms with E-state index in [4.69, 9.17) is 0 Å². The van der Waals surface area contributed by atoms with Crippen molar-refractivity contribution in [1.82, 2.24) is 24.5 Å². The van der Waals surface area contributed by atoms with Gasteiger partial charge in [0, 0.05) is 31.6 Å². The molecular weight excluding hydrogens is 314 g/mol. The molecule has 1 saturated heterocycles. The van der Waals surface area contributed by atoms with Gasteiger partial charge in [-0.1, -0.05) is 44.2 Å². The van der Waals surface area contributed by atoms with Gasteiger partial charge in [-0.05, 0) is 17.9 Å². The molecule has 0 spiro atoms. The summed E-state index contributed by atoms with van der Waals surface area (Å²) in [5, 5.41) is 2.91. The number of rotatable bonds is 3. The molecule has 3 aromatic rings. The zero-order valence-electron chi connectivity index (χ0n) is 14.9. The summed E-state index contributed by atoms with van der Waals surface area (Å²) in [5.74, 6) is 1.61. The molecule has 25 heavy (non-hydrogen) atoms.